The van der Waals surface area contributed by atoms with Gasteiger partial charge in [-0.05, 0) is 30.5 Å². The third-order valence-electron chi connectivity index (χ3n) is 1.92. The Morgan fingerprint density at radius 1 is 1.07 bits per heavy atom. The van der Waals surface area contributed by atoms with Crippen LogP contribution in [0, 0.1) is 0 Å². The fraction of sp³-hybridized carbons (Fsp3) is 0.400. The van der Waals surface area contributed by atoms with Gasteiger partial charge in [0.2, 0.25) is 0 Å². The number of aryl methyl sites for hydroxylation is 1. The third-order valence-corrected chi connectivity index (χ3v) is 1.92. The zero-order valence-electron chi connectivity index (χ0n) is 7.56. The molecular weight excluding hydrogens is 191 g/mol. The van der Waals surface area contributed by atoms with Gasteiger partial charge in [0.05, 0.1) is 5.56 Å². The summed E-state index contributed by atoms with van der Waals surface area (Å²) in [5, 5.41) is 0. The molecule has 1 N–H and O–H groups in total. The van der Waals surface area contributed by atoms with Gasteiger partial charge >= 0.3 is 6.18 Å². The van der Waals surface area contributed by atoms with Crippen molar-refractivity contribution in [1.82, 2.24) is 5.73 Å². The van der Waals surface area contributed by atoms with Crippen molar-refractivity contribution < 1.29 is 13.2 Å². The maximum Gasteiger partial charge on any atom is 0.416 e. The lowest BCUT2D eigenvalue weighted by Gasteiger charge is -2.07. The first-order valence-electron chi connectivity index (χ1n) is 4.35. The van der Waals surface area contributed by atoms with Crippen LogP contribution in [0.1, 0.15) is 17.5 Å². The summed E-state index contributed by atoms with van der Waals surface area (Å²) in [7, 11) is 0. The lowest BCUT2D eigenvalue weighted by atomic mass is 10.1. The summed E-state index contributed by atoms with van der Waals surface area (Å²) in [6.45, 7) is 0.307. The molecule has 1 nitrogen and oxygen atoms in total. The Morgan fingerprint density at radius 3 is 2.07 bits per heavy atom. The summed E-state index contributed by atoms with van der Waals surface area (Å²) in [6, 6.07) is 5.11. The molecule has 0 unspecified atom stereocenters. The molecule has 0 saturated heterocycles. The molecule has 0 fully saturated rings. The maximum absolute atomic E-state index is 12.1. The first-order chi connectivity index (χ1) is 6.54. The van der Waals surface area contributed by atoms with Crippen LogP contribution in [0.2, 0.25) is 0 Å². The van der Waals surface area contributed by atoms with Crippen LogP contribution in [0.15, 0.2) is 24.3 Å². The molecule has 0 heterocycles. The van der Waals surface area contributed by atoms with E-state index in [1.54, 1.807) is 0 Å². The van der Waals surface area contributed by atoms with E-state index in [1.165, 1.54) is 12.1 Å². The SMILES string of the molecule is [NH]CCCc1ccc(C(F)(F)F)cc1. The van der Waals surface area contributed by atoms with E-state index >= 15 is 0 Å². The zero-order chi connectivity index (χ0) is 10.6. The van der Waals surface area contributed by atoms with Crippen molar-refractivity contribution in [3.63, 3.8) is 0 Å². The van der Waals surface area contributed by atoms with Crippen LogP contribution in [0.3, 0.4) is 0 Å². The van der Waals surface area contributed by atoms with Gasteiger partial charge in [0.15, 0.2) is 0 Å². The Labute approximate surface area is 80.7 Å². The first-order valence-corrected chi connectivity index (χ1v) is 4.35. The molecule has 0 bridgehead atoms. The van der Waals surface area contributed by atoms with Gasteiger partial charge < -0.3 is 0 Å². The highest BCUT2D eigenvalue weighted by Gasteiger charge is 2.29. The largest absolute Gasteiger partial charge is 0.416 e. The fourth-order valence-electron chi connectivity index (χ4n) is 1.15. The standard InChI is InChI=1S/C10H11F3N/c11-10(12,13)9-5-3-8(4-6-9)2-1-7-14/h3-6,14H,1-2,7H2. The lowest BCUT2D eigenvalue weighted by Crippen LogP contribution is -2.04. The number of hydrogen-bond acceptors (Lipinski definition) is 0. The minimum absolute atomic E-state index is 0.307. The molecule has 1 radical (unpaired) electrons. The number of alkyl halides is 3. The van der Waals surface area contributed by atoms with E-state index in [1.807, 2.05) is 0 Å². The summed E-state index contributed by atoms with van der Waals surface area (Å²) in [5.41, 5.74) is 7.15. The molecule has 1 aromatic carbocycles. The Bertz CT molecular complexity index is 276. The van der Waals surface area contributed by atoms with Gasteiger partial charge in [-0.25, -0.2) is 0 Å². The van der Waals surface area contributed by atoms with Gasteiger partial charge in [-0.1, -0.05) is 12.1 Å². The molecule has 77 valence electrons. The van der Waals surface area contributed by atoms with Crippen molar-refractivity contribution in [3.05, 3.63) is 35.4 Å². The summed E-state index contributed by atoms with van der Waals surface area (Å²) in [6.07, 6.45) is -2.90. The number of halogens is 3. The quantitative estimate of drug-likeness (QED) is 0.719. The molecule has 14 heavy (non-hydrogen) atoms. The monoisotopic (exact) mass is 202 g/mol. The maximum atomic E-state index is 12.1. The minimum atomic E-state index is -4.26. The smallest absolute Gasteiger partial charge is 0.258 e. The highest BCUT2D eigenvalue weighted by Crippen LogP contribution is 2.29. The van der Waals surface area contributed by atoms with Gasteiger partial charge in [0.25, 0.3) is 0 Å². The topological polar surface area (TPSA) is 23.8 Å². The number of nitrogens with one attached hydrogen (secondary N) is 1. The van der Waals surface area contributed by atoms with Crippen LogP contribution in [0.5, 0.6) is 0 Å². The van der Waals surface area contributed by atoms with Crippen molar-refractivity contribution in [2.75, 3.05) is 6.54 Å². The Hall–Kier alpha value is -1.03. The highest BCUT2D eigenvalue weighted by atomic mass is 19.4. The van der Waals surface area contributed by atoms with Crippen molar-refractivity contribution >= 4 is 0 Å². The predicted molar refractivity (Wildman–Crippen MR) is 47.7 cm³/mol. The van der Waals surface area contributed by atoms with E-state index in [0.717, 1.165) is 17.7 Å². The highest BCUT2D eigenvalue weighted by molar-refractivity contribution is 5.24. The first kappa shape index (κ1) is 11.0. The number of benzene rings is 1. The Kier molecular flexibility index (Phi) is 3.52. The second-order valence-corrected chi connectivity index (χ2v) is 3.05. The van der Waals surface area contributed by atoms with Crippen LogP contribution < -0.4 is 5.73 Å². The summed E-state index contributed by atoms with van der Waals surface area (Å²) in [5.74, 6) is 0. The summed E-state index contributed by atoms with van der Waals surface area (Å²) in [4.78, 5) is 0. The molecule has 1 rings (SSSR count). The molecule has 0 atom stereocenters. The molecule has 0 aliphatic heterocycles. The average Bonchev–Trinajstić information content (AvgIpc) is 2.14. The van der Waals surface area contributed by atoms with Crippen molar-refractivity contribution in [1.29, 1.82) is 0 Å². The second kappa shape index (κ2) is 4.46. The summed E-state index contributed by atoms with van der Waals surface area (Å²) < 4.78 is 36.4. The van der Waals surface area contributed by atoms with Gasteiger partial charge in [0.1, 0.15) is 0 Å². The molecular formula is C10H11F3N. The minimum Gasteiger partial charge on any atom is -0.258 e. The zero-order valence-corrected chi connectivity index (χ0v) is 7.56. The van der Waals surface area contributed by atoms with Crippen molar-refractivity contribution in [2.45, 2.75) is 19.0 Å². The molecule has 0 aliphatic carbocycles. The molecule has 0 amide bonds. The Balaban J connectivity index is 2.69. The van der Waals surface area contributed by atoms with E-state index in [9.17, 15) is 13.2 Å². The van der Waals surface area contributed by atoms with E-state index in [-0.39, 0.29) is 0 Å². The average molecular weight is 202 g/mol. The van der Waals surface area contributed by atoms with Crippen molar-refractivity contribution in [3.8, 4) is 0 Å². The molecule has 0 aromatic heterocycles. The van der Waals surface area contributed by atoms with Gasteiger partial charge in [-0.2, -0.15) is 13.2 Å². The van der Waals surface area contributed by atoms with E-state index in [2.05, 4.69) is 0 Å². The third kappa shape index (κ3) is 3.03. The van der Waals surface area contributed by atoms with Crippen LogP contribution in [-0.2, 0) is 12.6 Å². The lowest BCUT2D eigenvalue weighted by molar-refractivity contribution is -0.137. The number of hydrogen-bond donors (Lipinski definition) is 0. The second-order valence-electron chi connectivity index (χ2n) is 3.05. The van der Waals surface area contributed by atoms with Gasteiger partial charge in [0, 0.05) is 6.54 Å². The predicted octanol–water partition coefficient (Wildman–Crippen LogP) is 2.92. The number of rotatable bonds is 3. The van der Waals surface area contributed by atoms with Crippen LogP contribution in [-0.4, -0.2) is 6.54 Å². The molecule has 0 aliphatic rings. The molecule has 4 heteroatoms. The fourth-order valence-corrected chi connectivity index (χ4v) is 1.15. The van der Waals surface area contributed by atoms with E-state index < -0.39 is 11.7 Å². The van der Waals surface area contributed by atoms with Gasteiger partial charge in [-0.15, -0.1) is 0 Å². The summed E-state index contributed by atoms with van der Waals surface area (Å²) >= 11 is 0. The Morgan fingerprint density at radius 2 is 1.64 bits per heavy atom. The van der Waals surface area contributed by atoms with Crippen LogP contribution in [0.25, 0.3) is 0 Å². The van der Waals surface area contributed by atoms with Gasteiger partial charge in [-0.3, -0.25) is 5.73 Å². The van der Waals surface area contributed by atoms with Crippen LogP contribution in [0.4, 0.5) is 13.2 Å². The molecule has 1 aromatic rings. The van der Waals surface area contributed by atoms with E-state index in [4.69, 9.17) is 5.73 Å². The van der Waals surface area contributed by atoms with E-state index in [0.29, 0.717) is 19.4 Å². The normalized spacial score (nSPS) is 11.7. The molecule has 0 spiro atoms. The molecule has 0 saturated carbocycles. The van der Waals surface area contributed by atoms with Crippen LogP contribution >= 0.6 is 0 Å². The van der Waals surface area contributed by atoms with Crippen molar-refractivity contribution in [2.24, 2.45) is 0 Å².